The summed E-state index contributed by atoms with van der Waals surface area (Å²) in [6, 6.07) is 30.5. The molecule has 0 spiro atoms. The van der Waals surface area contributed by atoms with Gasteiger partial charge in [-0.1, -0.05) is 121 Å². The van der Waals surface area contributed by atoms with Crippen molar-refractivity contribution in [3.05, 3.63) is 141 Å². The average Bonchev–Trinajstić information content (AvgIpc) is 3.85. The van der Waals surface area contributed by atoms with Crippen molar-refractivity contribution in [1.29, 1.82) is 0 Å². The van der Waals surface area contributed by atoms with Crippen LogP contribution >= 0.6 is 23.5 Å². The molecule has 4 nitrogen and oxygen atoms in total. The predicted molar refractivity (Wildman–Crippen MR) is 236 cm³/mol. The second-order valence-corrected chi connectivity index (χ2v) is 16.7. The van der Waals surface area contributed by atoms with Gasteiger partial charge in [0, 0.05) is 11.5 Å². The van der Waals surface area contributed by atoms with Crippen molar-refractivity contribution in [2.45, 2.75) is 91.6 Å². The molecule has 8 bridgehead atoms. The average molecular weight is 808 g/mol. The zero-order valence-electron chi connectivity index (χ0n) is 33.1. The molecule has 0 N–H and O–H groups in total. The topological polar surface area (TPSA) is 54.0 Å². The van der Waals surface area contributed by atoms with Crippen molar-refractivity contribution >= 4 is 67.9 Å². The number of benzene rings is 2. The van der Waals surface area contributed by atoms with E-state index in [9.17, 15) is 0 Å². The van der Waals surface area contributed by atoms with Crippen LogP contribution in [0.4, 0.5) is 0 Å². The number of hydrogen-bond acceptors (Lipinski definition) is 4. The van der Waals surface area contributed by atoms with Crippen molar-refractivity contribution in [3.63, 3.8) is 0 Å². The summed E-state index contributed by atoms with van der Waals surface area (Å²) in [4.78, 5) is 21.3. The van der Waals surface area contributed by atoms with Crippen molar-refractivity contribution in [2.75, 3.05) is 11.5 Å². The molecule has 5 aromatic rings. The van der Waals surface area contributed by atoms with E-state index in [2.05, 4.69) is 126 Å². The van der Waals surface area contributed by atoms with E-state index >= 15 is 0 Å². The Bertz CT molecular complexity index is 2350. The smallest absolute Gasteiger partial charge is 0.657 e. The van der Waals surface area contributed by atoms with Crippen LogP contribution in [0.5, 0.6) is 0 Å². The van der Waals surface area contributed by atoms with E-state index in [1.54, 1.807) is 0 Å². The molecule has 2 aliphatic rings. The Kier molecular flexibility index (Phi) is 14.1. The molecule has 2 aliphatic heterocycles. The molecule has 3 aromatic heterocycles. The second kappa shape index (κ2) is 18.9. The Hall–Kier alpha value is -3.75. The van der Waals surface area contributed by atoms with Crippen LogP contribution < -0.4 is 9.97 Å². The molecule has 1 radical (unpaired) electrons. The van der Waals surface area contributed by atoms with Crippen molar-refractivity contribution in [1.82, 2.24) is 19.9 Å². The van der Waals surface area contributed by atoms with Crippen LogP contribution in [0.1, 0.15) is 110 Å². The van der Waals surface area contributed by atoms with Gasteiger partial charge in [-0.2, -0.15) is 23.5 Å². The first-order valence-electron chi connectivity index (χ1n) is 19.6. The Labute approximate surface area is 346 Å². The first kappa shape index (κ1) is 40.9. The van der Waals surface area contributed by atoms with E-state index in [-0.39, 0.29) is 16.8 Å². The maximum absolute atomic E-state index is 5.39. The van der Waals surface area contributed by atoms with E-state index in [0.29, 0.717) is 0 Å². The standard InChI is InChI=1S/C48H52N4S2.Co/c1-7-37-31(3)41-25-42-33(5)39(21-15-23-53-29-35-17-11-9-12-18-35)47(51-42)28-48-40(22-16-24-54-30-36-19-13-10-14-20-36)34(6)44(52-48)27-46-38(8-2)32(4)43(50-46)26-45(37)49-41;/h9-14,17-20,25-28H,7-8,15-16,21-24,29-30H2,1-6H3;/q-2;+2. The van der Waals surface area contributed by atoms with Crippen LogP contribution in [0.2, 0.25) is 0 Å². The summed E-state index contributed by atoms with van der Waals surface area (Å²) in [7, 11) is 0. The molecule has 0 atom stereocenters. The fourth-order valence-electron chi connectivity index (χ4n) is 7.82. The monoisotopic (exact) mass is 807 g/mol. The minimum absolute atomic E-state index is 0. The Morgan fingerprint density at radius 3 is 1.53 bits per heavy atom. The van der Waals surface area contributed by atoms with Crippen molar-refractivity contribution in [2.24, 2.45) is 0 Å². The van der Waals surface area contributed by atoms with Crippen LogP contribution in [0.25, 0.3) is 44.4 Å². The van der Waals surface area contributed by atoms with Gasteiger partial charge in [0.1, 0.15) is 0 Å². The van der Waals surface area contributed by atoms with Gasteiger partial charge < -0.3 is 9.97 Å². The number of hydrogen-bond donors (Lipinski definition) is 0. The number of thioether (sulfide) groups is 2. The Balaban J connectivity index is 0.00000514. The van der Waals surface area contributed by atoms with Crippen LogP contribution in [-0.2, 0) is 41.1 Å². The summed E-state index contributed by atoms with van der Waals surface area (Å²) < 4.78 is 0. The second-order valence-electron chi connectivity index (χ2n) is 14.5. The van der Waals surface area contributed by atoms with Gasteiger partial charge in [-0.3, -0.25) is 0 Å². The zero-order chi connectivity index (χ0) is 37.6. The summed E-state index contributed by atoms with van der Waals surface area (Å²) in [5, 5.41) is 0. The number of nitrogens with zero attached hydrogens (tertiary/aromatic N) is 4. The quantitative estimate of drug-likeness (QED) is 0.104. The first-order chi connectivity index (χ1) is 26.3. The minimum atomic E-state index is 0. The number of aryl methyl sites for hydroxylation is 4. The normalized spacial score (nSPS) is 12.8. The van der Waals surface area contributed by atoms with E-state index in [1.165, 1.54) is 55.7 Å². The first-order valence-corrected chi connectivity index (χ1v) is 21.9. The van der Waals surface area contributed by atoms with Gasteiger partial charge in [-0.15, -0.1) is 22.1 Å². The van der Waals surface area contributed by atoms with E-state index < -0.39 is 0 Å². The Morgan fingerprint density at radius 1 is 0.509 bits per heavy atom. The molecule has 0 unspecified atom stereocenters. The predicted octanol–water partition coefficient (Wildman–Crippen LogP) is 12.6. The third-order valence-electron chi connectivity index (χ3n) is 11.0. The fourth-order valence-corrected chi connectivity index (χ4v) is 9.67. The fraction of sp³-hybridized carbons (Fsp3) is 0.333. The Morgan fingerprint density at radius 2 is 0.964 bits per heavy atom. The molecule has 0 aliphatic carbocycles. The molecule has 7 heteroatoms. The number of allylic oxidation sites excluding steroid dienone is 4. The summed E-state index contributed by atoms with van der Waals surface area (Å²) in [5.41, 5.74) is 21.2. The number of fused-ring (bicyclic) bond motifs is 8. The van der Waals surface area contributed by atoms with E-state index in [1.807, 2.05) is 23.5 Å². The summed E-state index contributed by atoms with van der Waals surface area (Å²) in [6.45, 7) is 13.4. The molecular weight excluding hydrogens is 756 g/mol. The van der Waals surface area contributed by atoms with Crippen LogP contribution in [0, 0.1) is 13.8 Å². The molecule has 7 rings (SSSR count). The molecule has 0 saturated heterocycles. The zero-order valence-corrected chi connectivity index (χ0v) is 35.8. The van der Waals surface area contributed by atoms with Gasteiger partial charge in [0.15, 0.2) is 0 Å². The van der Waals surface area contributed by atoms with Gasteiger partial charge in [-0.05, 0) is 111 Å². The maximum atomic E-state index is 5.39. The van der Waals surface area contributed by atoms with Gasteiger partial charge in [0.2, 0.25) is 0 Å². The number of rotatable bonds is 14. The minimum Gasteiger partial charge on any atom is -0.657 e. The van der Waals surface area contributed by atoms with Crippen molar-refractivity contribution in [3.8, 4) is 0 Å². The number of aromatic nitrogens is 4. The van der Waals surface area contributed by atoms with E-state index in [4.69, 9.17) is 19.9 Å². The summed E-state index contributed by atoms with van der Waals surface area (Å²) >= 11 is 4.03. The van der Waals surface area contributed by atoms with Crippen molar-refractivity contribution < 1.29 is 16.8 Å². The molecule has 55 heavy (non-hydrogen) atoms. The maximum Gasteiger partial charge on any atom is 2.00 e. The molecule has 0 fully saturated rings. The molecule has 285 valence electrons. The van der Waals surface area contributed by atoms with Gasteiger partial charge in [0.25, 0.3) is 0 Å². The molecule has 2 aromatic carbocycles. The van der Waals surface area contributed by atoms with E-state index in [0.717, 1.165) is 106 Å². The van der Waals surface area contributed by atoms with Gasteiger partial charge >= 0.3 is 16.8 Å². The molecule has 0 amide bonds. The molecular formula is C48H52CoN4S2. The van der Waals surface area contributed by atoms with Crippen LogP contribution in [0.3, 0.4) is 0 Å². The third kappa shape index (κ3) is 9.28. The van der Waals surface area contributed by atoms with Crippen LogP contribution in [-0.4, -0.2) is 21.5 Å². The third-order valence-corrected chi connectivity index (χ3v) is 13.2. The largest absolute Gasteiger partial charge is 2.00 e. The molecule has 0 saturated carbocycles. The van der Waals surface area contributed by atoms with Gasteiger partial charge in [0.05, 0.1) is 22.8 Å². The SMILES string of the molecule is CCC1=C(C)c2cc3[n-]c(cc4nc(cc5[n-]c(cc1n2)c(C)c5CCCSCc1ccccc1)C(CCCSCc1ccccc1)=C4C)c(C)c3CC.[Co+2]. The van der Waals surface area contributed by atoms with Gasteiger partial charge in [-0.25, -0.2) is 9.97 Å². The summed E-state index contributed by atoms with van der Waals surface area (Å²) in [6.07, 6.45) is 6.00. The van der Waals surface area contributed by atoms with Crippen LogP contribution in [0.15, 0.2) is 84.9 Å². The molecule has 5 heterocycles. The summed E-state index contributed by atoms with van der Waals surface area (Å²) in [5.74, 6) is 4.29.